The molecule has 0 spiro atoms. The summed E-state index contributed by atoms with van der Waals surface area (Å²) >= 11 is 5.48. The highest BCUT2D eigenvalue weighted by Crippen LogP contribution is 2.26. The van der Waals surface area contributed by atoms with Gasteiger partial charge in [0.15, 0.2) is 16.7 Å². The van der Waals surface area contributed by atoms with Crippen LogP contribution in [0.1, 0.15) is 16.1 Å². The summed E-state index contributed by atoms with van der Waals surface area (Å²) in [7, 11) is -1.56. The third-order valence-electron chi connectivity index (χ3n) is 2.13. The van der Waals surface area contributed by atoms with Crippen LogP contribution in [0.4, 0.5) is 10.1 Å². The molecule has 1 heterocycles. The number of nitrogens with zero attached hydrogens (tertiary/aromatic N) is 1. The number of carboxylic acid groups (broad SMARTS) is 1. The highest BCUT2D eigenvalue weighted by atomic mass is 35.5. The highest BCUT2D eigenvalue weighted by Gasteiger charge is 2.20. The van der Waals surface area contributed by atoms with Crippen LogP contribution >= 0.6 is 11.6 Å². The number of aromatic nitrogens is 1. The van der Waals surface area contributed by atoms with E-state index in [-0.39, 0.29) is 16.9 Å². The van der Waals surface area contributed by atoms with Gasteiger partial charge in [0.05, 0.1) is 13.8 Å². The molecule has 0 aliphatic carbocycles. The van der Waals surface area contributed by atoms with Gasteiger partial charge in [-0.1, -0.05) is 43.0 Å². The first-order chi connectivity index (χ1) is 8.13. The quantitative estimate of drug-likeness (QED) is 0.662. The average Bonchev–Trinajstić information content (AvgIpc) is 2.22. The molecule has 0 fully saturated rings. The fourth-order valence-corrected chi connectivity index (χ4v) is 2.08. The van der Waals surface area contributed by atoms with Gasteiger partial charge in [0.25, 0.3) is 0 Å². The molecule has 3 N–H and O–H groups in total. The summed E-state index contributed by atoms with van der Waals surface area (Å²) in [4.78, 5) is 14.5. The molecule has 0 bridgehead atoms. The number of halogens is 2. The van der Waals surface area contributed by atoms with E-state index in [2.05, 4.69) is 24.6 Å². The normalized spacial score (nSPS) is 12.1. The third-order valence-corrected chi connectivity index (χ3v) is 3.54. The molecule has 0 saturated heterocycles. The van der Waals surface area contributed by atoms with Gasteiger partial charge in [-0.25, -0.2) is 14.2 Å². The summed E-state index contributed by atoms with van der Waals surface area (Å²) in [6, 6.07) is 0. The van der Waals surface area contributed by atoms with Gasteiger partial charge in [-0.3, -0.25) is 0 Å². The molecule has 1 aromatic rings. The van der Waals surface area contributed by atoms with Crippen LogP contribution in [0.3, 0.4) is 0 Å². The lowest BCUT2D eigenvalue weighted by molar-refractivity contribution is 0.0690. The Morgan fingerprint density at radius 2 is 2.06 bits per heavy atom. The van der Waals surface area contributed by atoms with Gasteiger partial charge in [-0.15, -0.1) is 0 Å². The molecule has 18 heavy (non-hydrogen) atoms. The molecule has 0 radical (unpaired) electrons. The molecule has 0 aliphatic rings. The first-order valence-corrected chi connectivity index (χ1v) is 9.16. The summed E-state index contributed by atoms with van der Waals surface area (Å²) < 4.78 is 13.5. The highest BCUT2D eigenvalue weighted by molar-refractivity contribution is 6.81. The maximum atomic E-state index is 13.5. The molecule has 4 nitrogen and oxygen atoms in total. The topological polar surface area (TPSA) is 76.2 Å². The number of carbonyl (C=O) groups is 1. The molecule has 0 amide bonds. The van der Waals surface area contributed by atoms with Crippen molar-refractivity contribution in [2.24, 2.45) is 0 Å². The molecule has 1 aromatic heterocycles. The van der Waals surface area contributed by atoms with Gasteiger partial charge in [0.1, 0.15) is 0 Å². The number of carboxylic acids is 1. The van der Waals surface area contributed by atoms with Crippen molar-refractivity contribution in [2.45, 2.75) is 19.6 Å². The Morgan fingerprint density at radius 3 is 2.50 bits per heavy atom. The first-order valence-electron chi connectivity index (χ1n) is 5.20. The monoisotopic (exact) mass is 288 g/mol. The predicted octanol–water partition coefficient (Wildman–Crippen LogP) is 3.05. The molecule has 98 valence electrons. The number of hydrogen-bond acceptors (Lipinski definition) is 3. The van der Waals surface area contributed by atoms with Crippen LogP contribution in [0.25, 0.3) is 6.08 Å². The van der Waals surface area contributed by atoms with Crippen LogP contribution in [0, 0.1) is 5.82 Å². The van der Waals surface area contributed by atoms with E-state index in [9.17, 15) is 9.18 Å². The Labute approximate surface area is 110 Å². The lowest BCUT2D eigenvalue weighted by Crippen LogP contribution is -2.16. The summed E-state index contributed by atoms with van der Waals surface area (Å²) in [5.74, 6) is -2.18. The van der Waals surface area contributed by atoms with E-state index < -0.39 is 25.0 Å². The van der Waals surface area contributed by atoms with Crippen molar-refractivity contribution in [1.82, 2.24) is 4.98 Å². The third kappa shape index (κ3) is 3.30. The summed E-state index contributed by atoms with van der Waals surface area (Å²) in [5, 5.41) is 8.48. The number of anilines is 1. The van der Waals surface area contributed by atoms with Gasteiger partial charge in [0, 0.05) is 5.56 Å². The molecule has 0 unspecified atom stereocenters. The summed E-state index contributed by atoms with van der Waals surface area (Å²) in [5.41, 5.74) is 6.85. The van der Waals surface area contributed by atoms with Gasteiger partial charge in [-0.2, -0.15) is 0 Å². The van der Waals surface area contributed by atoms with E-state index in [1.165, 1.54) is 6.08 Å². The van der Waals surface area contributed by atoms with E-state index in [0.717, 1.165) is 0 Å². The van der Waals surface area contributed by atoms with Crippen molar-refractivity contribution in [3.8, 4) is 0 Å². The molecule has 0 atom stereocenters. The van der Waals surface area contributed by atoms with E-state index in [1.807, 2.05) is 5.70 Å². The average molecular weight is 289 g/mol. The number of pyridine rings is 1. The molecular formula is C11H14ClFN2O2Si. The van der Waals surface area contributed by atoms with Crippen molar-refractivity contribution in [3.63, 3.8) is 0 Å². The van der Waals surface area contributed by atoms with Crippen LogP contribution in [0.5, 0.6) is 0 Å². The minimum atomic E-state index is -1.56. The second-order valence-electron chi connectivity index (χ2n) is 4.90. The zero-order valence-corrected chi connectivity index (χ0v) is 12.0. The minimum absolute atomic E-state index is 0.0619. The van der Waals surface area contributed by atoms with E-state index in [0.29, 0.717) is 0 Å². The lowest BCUT2D eigenvalue weighted by Gasteiger charge is -2.11. The van der Waals surface area contributed by atoms with Crippen molar-refractivity contribution in [3.05, 3.63) is 27.9 Å². The standard InChI is InChI=1S/C11H14ClFN2O2Si/c1-18(2,3)5-4-6-8(14)7(13)10(12)15-9(6)11(16)17/h4-5H,1-3H3,(H2,14,15)(H,16,17). The van der Waals surface area contributed by atoms with E-state index in [1.54, 1.807) is 0 Å². The van der Waals surface area contributed by atoms with Gasteiger partial charge in [-0.05, 0) is 0 Å². The first kappa shape index (κ1) is 14.7. The van der Waals surface area contributed by atoms with Crippen molar-refractivity contribution >= 4 is 37.4 Å². The predicted molar refractivity (Wildman–Crippen MR) is 73.0 cm³/mol. The van der Waals surface area contributed by atoms with Gasteiger partial charge >= 0.3 is 5.97 Å². The van der Waals surface area contributed by atoms with Crippen LogP contribution in [0.2, 0.25) is 24.8 Å². The maximum absolute atomic E-state index is 13.5. The second-order valence-corrected chi connectivity index (χ2v) is 10.3. The number of rotatable bonds is 3. The fraction of sp³-hybridized carbons (Fsp3) is 0.273. The second kappa shape index (κ2) is 5.07. The number of hydrogen-bond donors (Lipinski definition) is 2. The van der Waals surface area contributed by atoms with E-state index in [4.69, 9.17) is 22.4 Å². The Bertz CT molecular complexity index is 527. The molecule has 0 aliphatic heterocycles. The number of aromatic carboxylic acids is 1. The van der Waals surface area contributed by atoms with Crippen molar-refractivity contribution < 1.29 is 14.3 Å². The molecule has 7 heteroatoms. The van der Waals surface area contributed by atoms with Crippen LogP contribution < -0.4 is 5.73 Å². The Balaban J connectivity index is 3.46. The smallest absolute Gasteiger partial charge is 0.355 e. The number of nitrogens with two attached hydrogens (primary N) is 1. The molecule has 0 aromatic carbocycles. The molecule has 0 saturated carbocycles. The summed E-state index contributed by atoms with van der Waals surface area (Å²) in [6.07, 6.45) is 1.51. The Hall–Kier alpha value is -1.40. The van der Waals surface area contributed by atoms with E-state index >= 15 is 0 Å². The Morgan fingerprint density at radius 1 is 1.50 bits per heavy atom. The summed E-state index contributed by atoms with van der Waals surface area (Å²) in [6.45, 7) is 6.17. The fourth-order valence-electron chi connectivity index (χ4n) is 1.23. The van der Waals surface area contributed by atoms with Crippen LogP contribution in [-0.4, -0.2) is 24.1 Å². The van der Waals surface area contributed by atoms with Gasteiger partial charge < -0.3 is 10.8 Å². The maximum Gasteiger partial charge on any atom is 0.355 e. The number of nitrogen functional groups attached to an aromatic ring is 1. The van der Waals surface area contributed by atoms with Crippen molar-refractivity contribution in [1.29, 1.82) is 0 Å². The SMILES string of the molecule is C[Si](C)(C)C=Cc1c(C(=O)O)nc(Cl)c(F)c1N. The largest absolute Gasteiger partial charge is 0.476 e. The van der Waals surface area contributed by atoms with Gasteiger partial charge in [0.2, 0.25) is 0 Å². The van der Waals surface area contributed by atoms with Crippen LogP contribution in [0.15, 0.2) is 5.70 Å². The zero-order valence-electron chi connectivity index (χ0n) is 10.3. The molecule has 1 rings (SSSR count). The van der Waals surface area contributed by atoms with Crippen molar-refractivity contribution in [2.75, 3.05) is 5.73 Å². The van der Waals surface area contributed by atoms with Crippen LogP contribution in [-0.2, 0) is 0 Å². The lowest BCUT2D eigenvalue weighted by atomic mass is 10.1. The zero-order chi connectivity index (χ0) is 14.1. The minimum Gasteiger partial charge on any atom is -0.476 e. The molecular weight excluding hydrogens is 275 g/mol. The Kier molecular flexibility index (Phi) is 4.13.